The fourth-order valence-corrected chi connectivity index (χ4v) is 1.26. The molecule has 0 bridgehead atoms. The van der Waals surface area contributed by atoms with Crippen LogP contribution in [-0.4, -0.2) is 48.0 Å². The zero-order valence-corrected chi connectivity index (χ0v) is 10.6. The van der Waals surface area contributed by atoms with Crippen molar-refractivity contribution in [3.63, 3.8) is 0 Å². The van der Waals surface area contributed by atoms with Gasteiger partial charge in [0.1, 0.15) is 0 Å². The third-order valence-electron chi connectivity index (χ3n) is 1.41. The van der Waals surface area contributed by atoms with E-state index in [1.807, 2.05) is 0 Å². The Hall–Kier alpha value is -0.170. The summed E-state index contributed by atoms with van der Waals surface area (Å²) in [7, 11) is -4.06. The molecule has 0 heterocycles. The van der Waals surface area contributed by atoms with Crippen molar-refractivity contribution in [3.8, 4) is 0 Å². The van der Waals surface area contributed by atoms with Gasteiger partial charge in [0, 0.05) is 29.6 Å². The van der Waals surface area contributed by atoms with Gasteiger partial charge in [-0.25, -0.2) is 0 Å². The molecule has 14 heavy (non-hydrogen) atoms. The molecule has 0 unspecified atom stereocenters. The molecule has 0 atom stereocenters. The Morgan fingerprint density at radius 3 is 1.93 bits per heavy atom. The minimum absolute atomic E-state index is 0. The Balaban J connectivity index is 0. The molecule has 4 nitrogen and oxygen atoms in total. The van der Waals surface area contributed by atoms with Gasteiger partial charge in [-0.2, -0.15) is 8.42 Å². The molecule has 1 aromatic carbocycles. The molecule has 0 spiro atoms. The molecule has 0 fully saturated rings. The van der Waals surface area contributed by atoms with Gasteiger partial charge in [-0.05, 0) is 17.7 Å². The van der Waals surface area contributed by atoms with Gasteiger partial charge in [-0.15, -0.1) is 0 Å². The molecule has 3 N–H and O–H groups in total. The molecule has 6 heteroatoms. The molecule has 0 saturated carbocycles. The second-order valence-electron chi connectivity index (χ2n) is 2.25. The van der Waals surface area contributed by atoms with E-state index >= 15 is 0 Å². The van der Waals surface area contributed by atoms with E-state index in [1.54, 1.807) is 18.2 Å². The SMILES string of the molecule is C=Cc1ccc(S(=O)(=O)O)cc1.O.[Na]. The Kier molecular flexibility index (Phi) is 7.37. The summed E-state index contributed by atoms with van der Waals surface area (Å²) in [6.45, 7) is 3.51. The molecule has 0 saturated heterocycles. The van der Waals surface area contributed by atoms with Crippen molar-refractivity contribution in [2.24, 2.45) is 0 Å². The zero-order chi connectivity index (χ0) is 9.19. The van der Waals surface area contributed by atoms with E-state index in [0.717, 1.165) is 5.56 Å². The van der Waals surface area contributed by atoms with Crippen LogP contribution in [0, 0.1) is 0 Å². The van der Waals surface area contributed by atoms with Gasteiger partial charge in [0.15, 0.2) is 0 Å². The summed E-state index contributed by atoms with van der Waals surface area (Å²) in [4.78, 5) is -0.104. The van der Waals surface area contributed by atoms with Crippen LogP contribution in [0.1, 0.15) is 5.56 Å². The first kappa shape index (κ1) is 16.3. The van der Waals surface area contributed by atoms with Crippen molar-refractivity contribution in [1.82, 2.24) is 0 Å². The molecule has 0 amide bonds. The quantitative estimate of drug-likeness (QED) is 0.582. The van der Waals surface area contributed by atoms with Crippen LogP contribution in [0.15, 0.2) is 35.7 Å². The van der Waals surface area contributed by atoms with Crippen molar-refractivity contribution in [3.05, 3.63) is 36.4 Å². The molecular formula is C8H10NaO4S. The van der Waals surface area contributed by atoms with Gasteiger partial charge >= 0.3 is 0 Å². The second kappa shape index (κ2) is 6.34. The number of hydrogen-bond acceptors (Lipinski definition) is 2. The molecule has 1 aromatic rings. The average Bonchev–Trinajstić information content (AvgIpc) is 2.03. The molecule has 0 aromatic heterocycles. The summed E-state index contributed by atoms with van der Waals surface area (Å²) < 4.78 is 29.7. The fourth-order valence-electron chi connectivity index (χ4n) is 0.776. The first-order valence-electron chi connectivity index (χ1n) is 3.24. The number of benzene rings is 1. The summed E-state index contributed by atoms with van der Waals surface area (Å²) in [5, 5.41) is 0. The van der Waals surface area contributed by atoms with Gasteiger partial charge in [0.2, 0.25) is 0 Å². The van der Waals surface area contributed by atoms with Crippen molar-refractivity contribution in [2.45, 2.75) is 4.90 Å². The standard InChI is InChI=1S/C8H8O3S.Na.H2O/c1-2-7-3-5-8(6-4-7)12(9,10)11;;/h2-6H,1H2,(H,9,10,11);;1H2. The maximum absolute atomic E-state index is 10.6. The van der Waals surface area contributed by atoms with Crippen molar-refractivity contribution in [1.29, 1.82) is 0 Å². The Morgan fingerprint density at radius 1 is 1.21 bits per heavy atom. The van der Waals surface area contributed by atoms with Gasteiger partial charge < -0.3 is 5.48 Å². The molecule has 0 aliphatic carbocycles. The average molecular weight is 225 g/mol. The summed E-state index contributed by atoms with van der Waals surface area (Å²) >= 11 is 0. The molecule has 1 radical (unpaired) electrons. The molecule has 1 rings (SSSR count). The van der Waals surface area contributed by atoms with Crippen LogP contribution in [0.25, 0.3) is 6.08 Å². The predicted octanol–water partition coefficient (Wildman–Crippen LogP) is 0.371. The van der Waals surface area contributed by atoms with E-state index in [1.165, 1.54) is 12.1 Å². The van der Waals surface area contributed by atoms with Crippen LogP contribution in [0.4, 0.5) is 0 Å². The molecular weight excluding hydrogens is 215 g/mol. The maximum atomic E-state index is 10.6. The summed E-state index contributed by atoms with van der Waals surface area (Å²) in [5.41, 5.74) is 0.808. The first-order valence-corrected chi connectivity index (χ1v) is 4.68. The van der Waals surface area contributed by atoms with Crippen molar-refractivity contribution in [2.75, 3.05) is 0 Å². The first-order chi connectivity index (χ1) is 5.54. The van der Waals surface area contributed by atoms with E-state index in [9.17, 15) is 8.42 Å². The van der Waals surface area contributed by atoms with Gasteiger partial charge in [-0.3, -0.25) is 4.55 Å². The topological polar surface area (TPSA) is 85.9 Å². The van der Waals surface area contributed by atoms with Crippen LogP contribution in [0.2, 0.25) is 0 Å². The van der Waals surface area contributed by atoms with Gasteiger partial charge in [0.25, 0.3) is 10.1 Å². The van der Waals surface area contributed by atoms with Crippen LogP contribution in [0.5, 0.6) is 0 Å². The van der Waals surface area contributed by atoms with Crippen molar-refractivity contribution >= 4 is 45.8 Å². The summed E-state index contributed by atoms with van der Waals surface area (Å²) in [6, 6.07) is 5.78. The fraction of sp³-hybridized carbons (Fsp3) is 0. The second-order valence-corrected chi connectivity index (χ2v) is 3.67. The maximum Gasteiger partial charge on any atom is 0.294 e. The van der Waals surface area contributed by atoms with Crippen LogP contribution in [-0.2, 0) is 10.1 Å². The van der Waals surface area contributed by atoms with Crippen LogP contribution in [0.3, 0.4) is 0 Å². The minimum atomic E-state index is -4.06. The minimum Gasteiger partial charge on any atom is -0.412 e. The third kappa shape index (κ3) is 4.36. The molecule has 73 valence electrons. The Bertz CT molecular complexity index is 382. The van der Waals surface area contributed by atoms with E-state index in [2.05, 4.69) is 6.58 Å². The molecule has 0 aliphatic heterocycles. The largest absolute Gasteiger partial charge is 0.412 e. The van der Waals surface area contributed by atoms with Gasteiger partial charge in [-0.1, -0.05) is 24.8 Å². The van der Waals surface area contributed by atoms with E-state index < -0.39 is 10.1 Å². The monoisotopic (exact) mass is 225 g/mol. The molecule has 0 aliphatic rings. The predicted molar refractivity (Wildman–Crippen MR) is 55.7 cm³/mol. The van der Waals surface area contributed by atoms with Crippen LogP contribution >= 0.6 is 0 Å². The van der Waals surface area contributed by atoms with E-state index in [0.29, 0.717) is 0 Å². The Morgan fingerprint density at radius 2 is 1.64 bits per heavy atom. The van der Waals surface area contributed by atoms with E-state index in [4.69, 9.17) is 4.55 Å². The summed E-state index contributed by atoms with van der Waals surface area (Å²) in [5.74, 6) is 0. The number of rotatable bonds is 2. The third-order valence-corrected chi connectivity index (χ3v) is 2.28. The summed E-state index contributed by atoms with van der Waals surface area (Å²) in [6.07, 6.45) is 1.59. The van der Waals surface area contributed by atoms with Gasteiger partial charge in [0.05, 0.1) is 4.90 Å². The normalized spacial score (nSPS) is 9.50. The Labute approximate surface area is 105 Å². The van der Waals surface area contributed by atoms with Crippen LogP contribution < -0.4 is 0 Å². The smallest absolute Gasteiger partial charge is 0.294 e. The van der Waals surface area contributed by atoms with E-state index in [-0.39, 0.29) is 39.9 Å². The van der Waals surface area contributed by atoms with Crippen molar-refractivity contribution < 1.29 is 18.4 Å². The number of hydrogen-bond donors (Lipinski definition) is 1. The zero-order valence-electron chi connectivity index (χ0n) is 7.77.